The quantitative estimate of drug-likeness (QED) is 0.738. The molecule has 0 saturated carbocycles. The van der Waals surface area contributed by atoms with Gasteiger partial charge in [-0.3, -0.25) is 0 Å². The molecule has 1 aromatic heterocycles. The molecule has 0 saturated heterocycles. The van der Waals surface area contributed by atoms with E-state index in [0.29, 0.717) is 6.54 Å². The van der Waals surface area contributed by atoms with Gasteiger partial charge in [-0.15, -0.1) is 5.10 Å². The van der Waals surface area contributed by atoms with Gasteiger partial charge >= 0.3 is 0 Å². The Balaban J connectivity index is 2.19. The van der Waals surface area contributed by atoms with Crippen molar-refractivity contribution in [1.82, 2.24) is 14.8 Å². The third kappa shape index (κ3) is 2.17. The molecular formula is C10H7FN4. The minimum atomic E-state index is -0.284. The molecule has 5 heteroatoms. The summed E-state index contributed by atoms with van der Waals surface area (Å²) in [5.41, 5.74) is 0.782. The molecule has 15 heavy (non-hydrogen) atoms. The Morgan fingerprint density at radius 1 is 1.47 bits per heavy atom. The van der Waals surface area contributed by atoms with E-state index in [1.54, 1.807) is 12.1 Å². The van der Waals surface area contributed by atoms with Crippen molar-refractivity contribution in [3.63, 3.8) is 0 Å². The lowest BCUT2D eigenvalue weighted by Gasteiger charge is -2.00. The van der Waals surface area contributed by atoms with E-state index in [2.05, 4.69) is 10.1 Å². The molecule has 2 aromatic rings. The van der Waals surface area contributed by atoms with Gasteiger partial charge in [-0.2, -0.15) is 5.26 Å². The minimum Gasteiger partial charge on any atom is -0.247 e. The highest BCUT2D eigenvalue weighted by Gasteiger charge is 2.00. The van der Waals surface area contributed by atoms with Gasteiger partial charge in [0, 0.05) is 0 Å². The van der Waals surface area contributed by atoms with Crippen molar-refractivity contribution < 1.29 is 4.39 Å². The fraction of sp³-hybridized carbons (Fsp3) is 0.100. The second kappa shape index (κ2) is 3.88. The summed E-state index contributed by atoms with van der Waals surface area (Å²) in [5.74, 6) is -0.167. The van der Waals surface area contributed by atoms with E-state index in [1.807, 2.05) is 6.07 Å². The Bertz CT molecular complexity index is 512. The SMILES string of the molecule is N#Cc1ncn(Cc2cccc(F)c2)n1. The molecule has 1 aromatic carbocycles. The summed E-state index contributed by atoms with van der Waals surface area (Å²) in [6.45, 7) is 0.409. The largest absolute Gasteiger partial charge is 0.252 e. The number of hydrogen-bond acceptors (Lipinski definition) is 3. The van der Waals surface area contributed by atoms with Gasteiger partial charge in [-0.1, -0.05) is 12.1 Å². The van der Waals surface area contributed by atoms with E-state index in [1.165, 1.54) is 23.1 Å². The molecule has 0 aliphatic heterocycles. The molecule has 74 valence electrons. The van der Waals surface area contributed by atoms with Crippen molar-refractivity contribution in [1.29, 1.82) is 5.26 Å². The number of halogens is 1. The zero-order chi connectivity index (χ0) is 10.7. The lowest BCUT2D eigenvalue weighted by molar-refractivity contribution is 0.619. The van der Waals surface area contributed by atoms with Crippen LogP contribution in [0.5, 0.6) is 0 Å². The summed E-state index contributed by atoms with van der Waals surface area (Å²) in [6, 6.07) is 8.05. The zero-order valence-corrected chi connectivity index (χ0v) is 7.76. The average Bonchev–Trinajstić information content (AvgIpc) is 2.65. The average molecular weight is 202 g/mol. The van der Waals surface area contributed by atoms with E-state index in [4.69, 9.17) is 5.26 Å². The van der Waals surface area contributed by atoms with Gasteiger partial charge in [0.05, 0.1) is 6.54 Å². The van der Waals surface area contributed by atoms with Crippen LogP contribution in [0.3, 0.4) is 0 Å². The van der Waals surface area contributed by atoms with E-state index in [9.17, 15) is 4.39 Å². The van der Waals surface area contributed by atoms with Crippen LogP contribution in [0, 0.1) is 17.1 Å². The predicted octanol–water partition coefficient (Wildman–Crippen LogP) is 1.34. The van der Waals surface area contributed by atoms with Crippen molar-refractivity contribution >= 4 is 0 Å². The number of rotatable bonds is 2. The van der Waals surface area contributed by atoms with Crippen molar-refractivity contribution in [2.45, 2.75) is 6.54 Å². The molecule has 0 N–H and O–H groups in total. The molecule has 0 spiro atoms. The summed E-state index contributed by atoms with van der Waals surface area (Å²) < 4.78 is 14.3. The topological polar surface area (TPSA) is 54.5 Å². The van der Waals surface area contributed by atoms with Gasteiger partial charge in [0.15, 0.2) is 0 Å². The molecule has 4 nitrogen and oxygen atoms in total. The maximum absolute atomic E-state index is 12.8. The molecule has 0 aliphatic rings. The van der Waals surface area contributed by atoms with Crippen LogP contribution in [0.4, 0.5) is 4.39 Å². The first kappa shape index (κ1) is 9.34. The van der Waals surface area contributed by atoms with Crippen LogP contribution in [0.25, 0.3) is 0 Å². The molecule has 0 amide bonds. The van der Waals surface area contributed by atoms with Gasteiger partial charge in [0.2, 0.25) is 0 Å². The van der Waals surface area contributed by atoms with Crippen LogP contribution in [-0.2, 0) is 6.54 Å². The number of aromatic nitrogens is 3. The summed E-state index contributed by atoms with van der Waals surface area (Å²) in [4.78, 5) is 3.75. The van der Waals surface area contributed by atoms with Crippen molar-refractivity contribution in [3.8, 4) is 6.07 Å². The summed E-state index contributed by atoms with van der Waals surface area (Å²) >= 11 is 0. The predicted molar refractivity (Wildman–Crippen MR) is 50.2 cm³/mol. The Hall–Kier alpha value is -2.22. The lowest BCUT2D eigenvalue weighted by Crippen LogP contribution is -2.00. The van der Waals surface area contributed by atoms with Crippen molar-refractivity contribution in [2.24, 2.45) is 0 Å². The third-order valence-electron chi connectivity index (χ3n) is 1.87. The molecule has 1 heterocycles. The fourth-order valence-corrected chi connectivity index (χ4v) is 1.24. The maximum Gasteiger partial charge on any atom is 0.252 e. The lowest BCUT2D eigenvalue weighted by atomic mass is 10.2. The second-order valence-electron chi connectivity index (χ2n) is 3.01. The van der Waals surface area contributed by atoms with E-state index in [-0.39, 0.29) is 11.6 Å². The summed E-state index contributed by atoms with van der Waals surface area (Å²) in [6.07, 6.45) is 1.45. The second-order valence-corrected chi connectivity index (χ2v) is 3.01. The van der Waals surface area contributed by atoms with Crippen molar-refractivity contribution in [2.75, 3.05) is 0 Å². The molecule has 0 aliphatic carbocycles. The van der Waals surface area contributed by atoms with Crippen LogP contribution in [0.1, 0.15) is 11.4 Å². The molecule has 0 unspecified atom stereocenters. The zero-order valence-electron chi connectivity index (χ0n) is 7.76. The molecule has 0 radical (unpaired) electrons. The Morgan fingerprint density at radius 2 is 2.33 bits per heavy atom. The Kier molecular flexibility index (Phi) is 2.42. The van der Waals surface area contributed by atoms with Gasteiger partial charge in [-0.25, -0.2) is 14.1 Å². The number of benzene rings is 1. The first-order chi connectivity index (χ1) is 7.28. The number of nitrogens with zero attached hydrogens (tertiary/aromatic N) is 4. The number of nitriles is 1. The van der Waals surface area contributed by atoms with Gasteiger partial charge in [0.25, 0.3) is 5.82 Å². The maximum atomic E-state index is 12.8. The Morgan fingerprint density at radius 3 is 3.00 bits per heavy atom. The first-order valence-corrected chi connectivity index (χ1v) is 4.32. The number of hydrogen-bond donors (Lipinski definition) is 0. The normalized spacial score (nSPS) is 9.87. The van der Waals surface area contributed by atoms with Gasteiger partial charge in [0.1, 0.15) is 18.2 Å². The molecule has 0 bridgehead atoms. The molecule has 0 atom stereocenters. The van der Waals surface area contributed by atoms with E-state index in [0.717, 1.165) is 5.56 Å². The molecule has 0 fully saturated rings. The highest BCUT2D eigenvalue weighted by molar-refractivity contribution is 5.16. The van der Waals surface area contributed by atoms with Crippen LogP contribution in [0.15, 0.2) is 30.6 Å². The van der Waals surface area contributed by atoms with Crippen LogP contribution >= 0.6 is 0 Å². The highest BCUT2D eigenvalue weighted by atomic mass is 19.1. The summed E-state index contributed by atoms with van der Waals surface area (Å²) in [5, 5.41) is 12.4. The van der Waals surface area contributed by atoms with Crippen LogP contribution < -0.4 is 0 Å². The van der Waals surface area contributed by atoms with Crippen LogP contribution in [-0.4, -0.2) is 14.8 Å². The first-order valence-electron chi connectivity index (χ1n) is 4.32. The minimum absolute atomic E-state index is 0.117. The molecular weight excluding hydrogens is 195 g/mol. The summed E-state index contributed by atoms with van der Waals surface area (Å²) in [7, 11) is 0. The van der Waals surface area contributed by atoms with E-state index >= 15 is 0 Å². The molecule has 2 rings (SSSR count). The smallest absolute Gasteiger partial charge is 0.247 e. The highest BCUT2D eigenvalue weighted by Crippen LogP contribution is 2.04. The fourth-order valence-electron chi connectivity index (χ4n) is 1.24. The Labute approximate surface area is 85.6 Å². The van der Waals surface area contributed by atoms with E-state index < -0.39 is 0 Å². The monoisotopic (exact) mass is 202 g/mol. The van der Waals surface area contributed by atoms with Crippen LogP contribution in [0.2, 0.25) is 0 Å². The van der Waals surface area contributed by atoms with Gasteiger partial charge < -0.3 is 0 Å². The van der Waals surface area contributed by atoms with Crippen molar-refractivity contribution in [3.05, 3.63) is 47.8 Å². The standard InChI is InChI=1S/C10H7FN4/c11-9-3-1-2-8(4-9)6-15-7-13-10(5-12)14-15/h1-4,7H,6H2. The third-order valence-corrected chi connectivity index (χ3v) is 1.87. The van der Waals surface area contributed by atoms with Gasteiger partial charge in [-0.05, 0) is 17.7 Å².